The highest BCUT2D eigenvalue weighted by molar-refractivity contribution is 8.00. The zero-order chi connectivity index (χ0) is 11.3. The van der Waals surface area contributed by atoms with Crippen LogP contribution in [0.25, 0.3) is 0 Å². The Morgan fingerprint density at radius 2 is 2.33 bits per heavy atom. The van der Waals surface area contributed by atoms with Crippen LogP contribution in [0.15, 0.2) is 0 Å². The molecule has 0 radical (unpaired) electrons. The number of esters is 1. The van der Waals surface area contributed by atoms with Gasteiger partial charge in [0.15, 0.2) is 0 Å². The summed E-state index contributed by atoms with van der Waals surface area (Å²) in [5.74, 6) is 0.370. The van der Waals surface area contributed by atoms with Crippen LogP contribution in [0.5, 0.6) is 0 Å². The van der Waals surface area contributed by atoms with Crippen LogP contribution in [0, 0.1) is 16.0 Å². The Balaban J connectivity index is 2.25. The average Bonchev–Trinajstić information content (AvgIpc) is 2.95. The third kappa shape index (κ3) is 5.01. The van der Waals surface area contributed by atoms with Crippen LogP contribution in [-0.4, -0.2) is 35.0 Å². The topological polar surface area (TPSA) is 69.4 Å². The molecule has 1 saturated carbocycles. The first kappa shape index (κ1) is 12.3. The lowest BCUT2D eigenvalue weighted by atomic mass is 10.3. The Hall–Kier alpha value is -0.780. The molecule has 86 valence electrons. The fraction of sp³-hybridized carbons (Fsp3) is 0.889. The highest BCUT2D eigenvalue weighted by atomic mass is 32.2. The Bertz CT molecular complexity index is 242. The molecule has 15 heavy (non-hydrogen) atoms. The van der Waals surface area contributed by atoms with E-state index in [-0.39, 0.29) is 28.4 Å². The Labute approximate surface area is 92.7 Å². The van der Waals surface area contributed by atoms with Crippen molar-refractivity contribution in [1.29, 1.82) is 0 Å². The van der Waals surface area contributed by atoms with Crippen LogP contribution in [-0.2, 0) is 9.53 Å². The molecule has 0 N–H and O–H groups in total. The summed E-state index contributed by atoms with van der Waals surface area (Å²) in [5.41, 5.74) is 0. The minimum atomic E-state index is -0.304. The number of nitrogens with zero attached hydrogens (tertiary/aromatic N) is 1. The number of carbonyl (C=O) groups excluding carboxylic acids is 1. The van der Waals surface area contributed by atoms with Crippen LogP contribution in [0.2, 0.25) is 0 Å². The Kier molecular flexibility index (Phi) is 4.87. The van der Waals surface area contributed by atoms with E-state index in [1.807, 2.05) is 0 Å². The van der Waals surface area contributed by atoms with Crippen molar-refractivity contribution in [3.8, 4) is 0 Å². The number of rotatable bonds is 7. The summed E-state index contributed by atoms with van der Waals surface area (Å²) in [6.07, 6.45) is 2.10. The number of ether oxygens (including phenoxy) is 1. The maximum Gasteiger partial charge on any atom is 0.315 e. The third-order valence-electron chi connectivity index (χ3n) is 2.20. The fourth-order valence-corrected chi connectivity index (χ4v) is 2.54. The van der Waals surface area contributed by atoms with Gasteiger partial charge in [0.1, 0.15) is 0 Å². The monoisotopic (exact) mass is 233 g/mol. The van der Waals surface area contributed by atoms with Crippen LogP contribution < -0.4 is 0 Å². The van der Waals surface area contributed by atoms with E-state index in [0.717, 1.165) is 12.8 Å². The highest BCUT2D eigenvalue weighted by Gasteiger charge is 2.35. The SMILES string of the molecule is CCOC(=O)CSC(C[N+](=O)[O-])C1CC1. The first-order valence-electron chi connectivity index (χ1n) is 5.02. The van der Waals surface area contributed by atoms with Crippen LogP contribution in [0.1, 0.15) is 19.8 Å². The van der Waals surface area contributed by atoms with E-state index in [0.29, 0.717) is 12.5 Å². The van der Waals surface area contributed by atoms with Gasteiger partial charge in [-0.1, -0.05) is 0 Å². The lowest BCUT2D eigenvalue weighted by Crippen LogP contribution is -2.21. The molecule has 0 amide bonds. The van der Waals surface area contributed by atoms with Gasteiger partial charge in [0.2, 0.25) is 6.54 Å². The second-order valence-electron chi connectivity index (χ2n) is 3.51. The number of hydrogen-bond donors (Lipinski definition) is 0. The summed E-state index contributed by atoms with van der Waals surface area (Å²) in [5, 5.41) is 10.4. The van der Waals surface area contributed by atoms with E-state index in [1.54, 1.807) is 6.92 Å². The van der Waals surface area contributed by atoms with Crippen LogP contribution >= 0.6 is 11.8 Å². The molecule has 0 spiro atoms. The predicted molar refractivity (Wildman–Crippen MR) is 57.5 cm³/mol. The quantitative estimate of drug-likeness (QED) is 0.377. The molecule has 1 rings (SSSR count). The van der Waals surface area contributed by atoms with Gasteiger partial charge >= 0.3 is 5.97 Å². The summed E-state index contributed by atoms with van der Waals surface area (Å²) < 4.78 is 4.77. The van der Waals surface area contributed by atoms with E-state index in [9.17, 15) is 14.9 Å². The molecule has 0 heterocycles. The first-order valence-corrected chi connectivity index (χ1v) is 6.07. The molecule has 1 fully saturated rings. The van der Waals surface area contributed by atoms with E-state index < -0.39 is 0 Å². The summed E-state index contributed by atoms with van der Waals surface area (Å²) >= 11 is 1.35. The van der Waals surface area contributed by atoms with Crippen molar-refractivity contribution in [2.45, 2.75) is 25.0 Å². The van der Waals surface area contributed by atoms with E-state index in [4.69, 9.17) is 4.74 Å². The lowest BCUT2D eigenvalue weighted by Gasteiger charge is -2.10. The molecule has 0 aromatic carbocycles. The minimum Gasteiger partial charge on any atom is -0.465 e. The van der Waals surface area contributed by atoms with Gasteiger partial charge < -0.3 is 4.74 Å². The molecule has 0 bridgehead atoms. The summed E-state index contributed by atoms with van der Waals surface area (Å²) in [7, 11) is 0. The van der Waals surface area contributed by atoms with Gasteiger partial charge in [0.05, 0.1) is 17.6 Å². The van der Waals surface area contributed by atoms with Gasteiger partial charge in [-0.15, -0.1) is 11.8 Å². The molecule has 1 aliphatic carbocycles. The standard InChI is InChI=1S/C9H15NO4S/c1-2-14-9(11)6-15-8(5-10(12)13)7-3-4-7/h7-8H,2-6H2,1H3. The molecule has 0 aromatic rings. The average molecular weight is 233 g/mol. The number of thioether (sulfide) groups is 1. The molecular formula is C9H15NO4S. The maximum atomic E-state index is 11.1. The van der Waals surface area contributed by atoms with E-state index in [1.165, 1.54) is 11.8 Å². The van der Waals surface area contributed by atoms with Gasteiger partial charge in [-0.05, 0) is 25.7 Å². The smallest absolute Gasteiger partial charge is 0.315 e. The maximum absolute atomic E-state index is 11.1. The molecule has 0 saturated heterocycles. The number of nitro groups is 1. The van der Waals surface area contributed by atoms with Crippen molar-refractivity contribution in [3.05, 3.63) is 10.1 Å². The zero-order valence-corrected chi connectivity index (χ0v) is 9.50. The number of carbonyl (C=O) groups is 1. The molecule has 0 aliphatic heterocycles. The first-order chi connectivity index (χ1) is 7.13. The Morgan fingerprint density at radius 1 is 1.67 bits per heavy atom. The van der Waals surface area contributed by atoms with Crippen molar-refractivity contribution >= 4 is 17.7 Å². The second-order valence-corrected chi connectivity index (χ2v) is 4.73. The van der Waals surface area contributed by atoms with Crippen molar-refractivity contribution in [1.82, 2.24) is 0 Å². The number of hydrogen-bond acceptors (Lipinski definition) is 5. The van der Waals surface area contributed by atoms with Crippen molar-refractivity contribution in [3.63, 3.8) is 0 Å². The third-order valence-corrected chi connectivity index (χ3v) is 3.56. The zero-order valence-electron chi connectivity index (χ0n) is 8.68. The van der Waals surface area contributed by atoms with Crippen molar-refractivity contribution < 1.29 is 14.5 Å². The van der Waals surface area contributed by atoms with Crippen molar-refractivity contribution in [2.24, 2.45) is 5.92 Å². The normalized spacial score (nSPS) is 17.1. The largest absolute Gasteiger partial charge is 0.465 e. The van der Waals surface area contributed by atoms with E-state index >= 15 is 0 Å². The second kappa shape index (κ2) is 5.95. The fourth-order valence-electron chi connectivity index (χ4n) is 1.33. The summed E-state index contributed by atoms with van der Waals surface area (Å²) in [4.78, 5) is 21.1. The van der Waals surface area contributed by atoms with Gasteiger partial charge in [0.25, 0.3) is 0 Å². The molecule has 6 heteroatoms. The van der Waals surface area contributed by atoms with Gasteiger partial charge in [-0.3, -0.25) is 14.9 Å². The molecular weight excluding hydrogens is 218 g/mol. The molecule has 5 nitrogen and oxygen atoms in total. The highest BCUT2D eigenvalue weighted by Crippen LogP contribution is 2.39. The predicted octanol–water partition coefficient (Wildman–Crippen LogP) is 1.34. The molecule has 1 atom stereocenters. The van der Waals surface area contributed by atoms with Crippen LogP contribution in [0.4, 0.5) is 0 Å². The van der Waals surface area contributed by atoms with Crippen LogP contribution in [0.3, 0.4) is 0 Å². The minimum absolute atomic E-state index is 0.0237. The summed E-state index contributed by atoms with van der Waals surface area (Å²) in [6, 6.07) is 0. The van der Waals surface area contributed by atoms with Gasteiger partial charge in [-0.25, -0.2) is 0 Å². The molecule has 0 aromatic heterocycles. The summed E-state index contributed by atoms with van der Waals surface area (Å²) in [6.45, 7) is 2.06. The van der Waals surface area contributed by atoms with Gasteiger partial charge in [0, 0.05) is 4.92 Å². The van der Waals surface area contributed by atoms with Crippen molar-refractivity contribution in [2.75, 3.05) is 18.9 Å². The Morgan fingerprint density at radius 3 is 2.80 bits per heavy atom. The lowest BCUT2D eigenvalue weighted by molar-refractivity contribution is -0.479. The van der Waals surface area contributed by atoms with Gasteiger partial charge in [-0.2, -0.15) is 0 Å². The molecule has 1 unspecified atom stereocenters. The molecule has 1 aliphatic rings. The van der Waals surface area contributed by atoms with E-state index in [2.05, 4.69) is 0 Å².